The Morgan fingerprint density at radius 3 is 1.81 bits per heavy atom. The van der Waals surface area contributed by atoms with Gasteiger partial charge >= 0.3 is 5.97 Å². The zero-order chi connectivity index (χ0) is 20.6. The van der Waals surface area contributed by atoms with Crippen LogP contribution >= 0.6 is 0 Å². The number of nitrogens with zero attached hydrogens (tertiary/aromatic N) is 1. The predicted molar refractivity (Wildman–Crippen MR) is 118 cm³/mol. The fourth-order valence-corrected chi connectivity index (χ4v) is 4.71. The molecule has 27 heavy (non-hydrogen) atoms. The van der Waals surface area contributed by atoms with E-state index in [4.69, 9.17) is 13.3 Å². The molecule has 0 N–H and O–H groups in total. The molecule has 0 amide bonds. The SMILES string of the molecule is C[Si](C)(C)OC(=O)c1nc2ccccc2c(O[Si](C)(C)C)c1O[Si](C)(C)C. The first-order valence-corrected chi connectivity index (χ1v) is 19.4. The molecule has 0 unspecified atom stereocenters. The molecule has 8 heteroatoms. The van der Waals surface area contributed by atoms with Crippen molar-refractivity contribution < 1.29 is 18.1 Å². The Morgan fingerprint density at radius 1 is 0.778 bits per heavy atom. The van der Waals surface area contributed by atoms with E-state index >= 15 is 0 Å². The summed E-state index contributed by atoms with van der Waals surface area (Å²) in [7, 11) is -6.07. The summed E-state index contributed by atoms with van der Waals surface area (Å²) in [6, 6.07) is 7.69. The van der Waals surface area contributed by atoms with Crippen molar-refractivity contribution in [2.24, 2.45) is 0 Å². The summed E-state index contributed by atoms with van der Waals surface area (Å²) in [6.45, 7) is 18.5. The fraction of sp³-hybridized carbons (Fsp3) is 0.474. The van der Waals surface area contributed by atoms with Crippen molar-refractivity contribution >= 4 is 41.8 Å². The summed E-state index contributed by atoms with van der Waals surface area (Å²) in [5, 5.41) is 0.859. The molecule has 1 heterocycles. The third-order valence-corrected chi connectivity index (χ3v) is 5.64. The molecule has 1 aromatic heterocycles. The molecule has 0 bridgehead atoms. The van der Waals surface area contributed by atoms with Gasteiger partial charge in [-0.15, -0.1) is 0 Å². The molecule has 0 radical (unpaired) electrons. The highest BCUT2D eigenvalue weighted by molar-refractivity contribution is 6.72. The fourth-order valence-electron chi connectivity index (χ4n) is 2.44. The van der Waals surface area contributed by atoms with Crippen LogP contribution < -0.4 is 8.85 Å². The first-order valence-electron chi connectivity index (χ1n) is 9.20. The number of para-hydroxylation sites is 1. The second-order valence-electron chi connectivity index (χ2n) is 9.57. The molecule has 0 saturated heterocycles. The first-order chi connectivity index (χ1) is 12.2. The van der Waals surface area contributed by atoms with Crippen LogP contribution in [-0.4, -0.2) is 35.9 Å². The van der Waals surface area contributed by atoms with Gasteiger partial charge in [-0.05, 0) is 71.1 Å². The van der Waals surface area contributed by atoms with Gasteiger partial charge in [0.25, 0.3) is 0 Å². The third-order valence-electron chi connectivity index (χ3n) is 3.21. The highest BCUT2D eigenvalue weighted by atomic mass is 28.4. The molecule has 5 nitrogen and oxygen atoms in total. The van der Waals surface area contributed by atoms with E-state index in [1.54, 1.807) is 0 Å². The zero-order valence-electron chi connectivity index (χ0n) is 17.9. The van der Waals surface area contributed by atoms with Crippen molar-refractivity contribution in [1.82, 2.24) is 4.98 Å². The number of pyridine rings is 1. The van der Waals surface area contributed by atoms with E-state index in [-0.39, 0.29) is 5.69 Å². The minimum Gasteiger partial charge on any atom is -0.541 e. The van der Waals surface area contributed by atoms with Gasteiger partial charge in [0.2, 0.25) is 25.0 Å². The number of carbonyl (C=O) groups is 1. The van der Waals surface area contributed by atoms with E-state index in [1.807, 2.05) is 43.9 Å². The summed E-state index contributed by atoms with van der Waals surface area (Å²) in [6.07, 6.45) is 0. The second-order valence-corrected chi connectivity index (χ2v) is 22.9. The number of rotatable bonds is 6. The van der Waals surface area contributed by atoms with Crippen LogP contribution in [0.1, 0.15) is 10.5 Å². The molecule has 0 aliphatic rings. The van der Waals surface area contributed by atoms with Gasteiger partial charge in [-0.3, -0.25) is 0 Å². The van der Waals surface area contributed by atoms with Crippen LogP contribution in [-0.2, 0) is 4.43 Å². The monoisotopic (exact) mass is 421 g/mol. The van der Waals surface area contributed by atoms with Crippen molar-refractivity contribution in [3.05, 3.63) is 30.0 Å². The Morgan fingerprint density at radius 2 is 1.30 bits per heavy atom. The summed E-state index contributed by atoms with van der Waals surface area (Å²) in [4.78, 5) is 17.6. The lowest BCUT2D eigenvalue weighted by Gasteiger charge is -2.28. The van der Waals surface area contributed by atoms with Crippen LogP contribution in [0.5, 0.6) is 11.5 Å². The molecular weight excluding hydrogens is 390 g/mol. The minimum absolute atomic E-state index is 0.215. The highest BCUT2D eigenvalue weighted by Gasteiger charge is 2.32. The molecule has 0 fully saturated rings. The van der Waals surface area contributed by atoms with Gasteiger partial charge < -0.3 is 13.3 Å². The molecule has 0 aliphatic heterocycles. The Balaban J connectivity index is 2.79. The maximum absolute atomic E-state index is 13.0. The average molecular weight is 422 g/mol. The van der Waals surface area contributed by atoms with Gasteiger partial charge in [0.05, 0.1) is 5.52 Å². The second kappa shape index (κ2) is 7.40. The van der Waals surface area contributed by atoms with Crippen molar-refractivity contribution in [2.75, 3.05) is 0 Å². The van der Waals surface area contributed by atoms with Crippen molar-refractivity contribution in [3.63, 3.8) is 0 Å². The Kier molecular flexibility index (Phi) is 5.94. The number of hydrogen-bond acceptors (Lipinski definition) is 5. The van der Waals surface area contributed by atoms with Crippen LogP contribution in [0.15, 0.2) is 24.3 Å². The van der Waals surface area contributed by atoms with Crippen molar-refractivity contribution in [3.8, 4) is 11.5 Å². The van der Waals surface area contributed by atoms with Crippen LogP contribution in [0.2, 0.25) is 58.9 Å². The van der Waals surface area contributed by atoms with E-state index in [0.29, 0.717) is 17.0 Å². The van der Waals surface area contributed by atoms with Gasteiger partial charge in [-0.1, -0.05) is 12.1 Å². The maximum Gasteiger partial charge on any atom is 0.347 e. The lowest BCUT2D eigenvalue weighted by atomic mass is 10.1. The number of fused-ring (bicyclic) bond motifs is 1. The van der Waals surface area contributed by atoms with E-state index in [1.165, 1.54) is 0 Å². The molecular formula is C19H31NO4Si3. The smallest absolute Gasteiger partial charge is 0.347 e. The Labute approximate surface area is 165 Å². The Hall–Kier alpha value is -1.65. The lowest BCUT2D eigenvalue weighted by molar-refractivity contribution is 0.0716. The summed E-state index contributed by atoms with van der Waals surface area (Å²) in [5.74, 6) is 0.608. The zero-order valence-corrected chi connectivity index (χ0v) is 20.9. The maximum atomic E-state index is 13.0. The quantitative estimate of drug-likeness (QED) is 0.564. The molecule has 2 rings (SSSR count). The minimum atomic E-state index is -2.08. The summed E-state index contributed by atoms with van der Waals surface area (Å²) in [5.41, 5.74) is 0.919. The van der Waals surface area contributed by atoms with Crippen molar-refractivity contribution in [1.29, 1.82) is 0 Å². The summed E-state index contributed by atoms with van der Waals surface area (Å²) < 4.78 is 18.5. The number of hydrogen-bond donors (Lipinski definition) is 0. The highest BCUT2D eigenvalue weighted by Crippen LogP contribution is 2.40. The first kappa shape index (κ1) is 21.6. The third kappa shape index (κ3) is 6.18. The largest absolute Gasteiger partial charge is 0.541 e. The molecule has 1 aromatic carbocycles. The normalized spacial score (nSPS) is 12.8. The average Bonchev–Trinajstić information content (AvgIpc) is 2.45. The predicted octanol–water partition coefficient (Wildman–Crippen LogP) is 5.65. The molecule has 148 valence electrons. The van der Waals surface area contributed by atoms with Crippen LogP contribution in [0.4, 0.5) is 0 Å². The van der Waals surface area contributed by atoms with Gasteiger partial charge in [0.15, 0.2) is 17.2 Å². The van der Waals surface area contributed by atoms with E-state index in [9.17, 15) is 4.79 Å². The van der Waals surface area contributed by atoms with Gasteiger partial charge in [0.1, 0.15) is 0 Å². The molecule has 0 atom stereocenters. The standard InChI is InChI=1S/C19H31NO4Si3/c1-25(2,3)22-17-14-12-10-11-13-15(14)20-16(18(17)23-26(4,5)6)19(21)24-27(7,8)9/h10-13H,1-9H3. The van der Waals surface area contributed by atoms with Gasteiger partial charge in [0, 0.05) is 5.39 Å². The van der Waals surface area contributed by atoms with E-state index in [2.05, 4.69) is 44.3 Å². The molecule has 0 spiro atoms. The van der Waals surface area contributed by atoms with Crippen LogP contribution in [0.3, 0.4) is 0 Å². The van der Waals surface area contributed by atoms with Crippen LogP contribution in [0, 0.1) is 0 Å². The Bertz CT molecular complexity index is 849. The topological polar surface area (TPSA) is 57.7 Å². The molecule has 0 saturated carbocycles. The molecule has 0 aliphatic carbocycles. The number of aromatic nitrogens is 1. The van der Waals surface area contributed by atoms with E-state index < -0.39 is 30.9 Å². The lowest BCUT2D eigenvalue weighted by Crippen LogP contribution is -2.35. The van der Waals surface area contributed by atoms with Crippen molar-refractivity contribution in [2.45, 2.75) is 58.9 Å². The number of carbonyl (C=O) groups excluding carboxylic acids is 1. The van der Waals surface area contributed by atoms with Crippen LogP contribution in [0.25, 0.3) is 10.9 Å². The van der Waals surface area contributed by atoms with Gasteiger partial charge in [-0.2, -0.15) is 0 Å². The summed E-state index contributed by atoms with van der Waals surface area (Å²) >= 11 is 0. The molecule has 2 aromatic rings. The van der Waals surface area contributed by atoms with Gasteiger partial charge in [-0.25, -0.2) is 9.78 Å². The number of benzene rings is 1. The van der Waals surface area contributed by atoms with E-state index in [0.717, 1.165) is 5.39 Å².